The molecule has 106 valence electrons. The fraction of sp³-hybridized carbons (Fsp3) is 0.615. The van der Waals surface area contributed by atoms with Crippen LogP contribution < -0.4 is 5.32 Å². The largest absolute Gasteiger partial charge is 0.433 e. The molecule has 1 heterocycles. The van der Waals surface area contributed by atoms with Crippen LogP contribution in [0.4, 0.5) is 18.9 Å². The quantitative estimate of drug-likeness (QED) is 0.916. The number of methoxy groups -OCH3 is 1. The van der Waals surface area contributed by atoms with Crippen molar-refractivity contribution in [3.8, 4) is 0 Å². The molecule has 19 heavy (non-hydrogen) atoms. The summed E-state index contributed by atoms with van der Waals surface area (Å²) in [5, 5.41) is 3.22. The number of ether oxygens (including phenoxy) is 1. The van der Waals surface area contributed by atoms with Crippen molar-refractivity contribution in [2.45, 2.75) is 44.0 Å². The van der Waals surface area contributed by atoms with E-state index < -0.39 is 11.9 Å². The zero-order valence-electron chi connectivity index (χ0n) is 10.7. The fourth-order valence-electron chi connectivity index (χ4n) is 2.33. The van der Waals surface area contributed by atoms with E-state index >= 15 is 0 Å². The number of anilines is 1. The van der Waals surface area contributed by atoms with Gasteiger partial charge in [-0.15, -0.1) is 0 Å². The van der Waals surface area contributed by atoms with E-state index in [4.69, 9.17) is 4.74 Å². The Bertz CT molecular complexity index is 397. The standard InChI is InChI=1S/C13H17F3N2O/c1-19-11-5-2-9(3-6-11)18-10-4-7-12(17-8-10)13(14,15)16/h4,7-9,11,18H,2-3,5-6H2,1H3. The summed E-state index contributed by atoms with van der Waals surface area (Å²) in [6.45, 7) is 0. The molecule has 0 spiro atoms. The number of nitrogens with one attached hydrogen (secondary N) is 1. The summed E-state index contributed by atoms with van der Waals surface area (Å²) in [4.78, 5) is 3.43. The molecule has 1 saturated carbocycles. The van der Waals surface area contributed by atoms with Gasteiger partial charge < -0.3 is 10.1 Å². The number of hydrogen-bond donors (Lipinski definition) is 1. The van der Waals surface area contributed by atoms with Crippen LogP contribution in [-0.4, -0.2) is 24.2 Å². The van der Waals surface area contributed by atoms with Crippen LogP contribution in [0.3, 0.4) is 0 Å². The molecule has 0 radical (unpaired) electrons. The third kappa shape index (κ3) is 3.83. The SMILES string of the molecule is COC1CCC(Nc2ccc(C(F)(F)F)nc2)CC1. The average Bonchev–Trinajstić information content (AvgIpc) is 2.39. The molecule has 1 N–H and O–H groups in total. The van der Waals surface area contributed by atoms with Crippen molar-refractivity contribution in [1.29, 1.82) is 0 Å². The third-order valence-electron chi connectivity index (χ3n) is 3.43. The predicted octanol–water partition coefficient (Wildman–Crippen LogP) is 3.47. The molecule has 0 atom stereocenters. The Hall–Kier alpha value is -1.30. The number of rotatable bonds is 3. The van der Waals surface area contributed by atoms with Gasteiger partial charge in [0.2, 0.25) is 0 Å². The summed E-state index contributed by atoms with van der Waals surface area (Å²) in [7, 11) is 1.71. The van der Waals surface area contributed by atoms with Crippen molar-refractivity contribution in [3.63, 3.8) is 0 Å². The van der Waals surface area contributed by atoms with Gasteiger partial charge in [-0.25, -0.2) is 4.98 Å². The van der Waals surface area contributed by atoms with Crippen molar-refractivity contribution in [1.82, 2.24) is 4.98 Å². The van der Waals surface area contributed by atoms with Crippen LogP contribution in [0.15, 0.2) is 18.3 Å². The van der Waals surface area contributed by atoms with Crippen LogP contribution in [0.2, 0.25) is 0 Å². The highest BCUT2D eigenvalue weighted by Crippen LogP contribution is 2.28. The van der Waals surface area contributed by atoms with Crippen LogP contribution in [0.5, 0.6) is 0 Å². The highest BCUT2D eigenvalue weighted by molar-refractivity contribution is 5.42. The molecule has 6 heteroatoms. The Morgan fingerprint density at radius 1 is 1.21 bits per heavy atom. The van der Waals surface area contributed by atoms with Gasteiger partial charge in [0.15, 0.2) is 0 Å². The number of nitrogens with zero attached hydrogens (tertiary/aromatic N) is 1. The normalized spacial score (nSPS) is 24.2. The van der Waals surface area contributed by atoms with E-state index in [0.29, 0.717) is 11.8 Å². The lowest BCUT2D eigenvalue weighted by Crippen LogP contribution is -2.29. The molecule has 0 unspecified atom stereocenters. The first kappa shape index (κ1) is 14.1. The smallest absolute Gasteiger partial charge is 0.381 e. The Balaban J connectivity index is 1.90. The molecule has 1 aromatic rings. The van der Waals surface area contributed by atoms with Crippen molar-refractivity contribution in [2.75, 3.05) is 12.4 Å². The zero-order valence-corrected chi connectivity index (χ0v) is 10.7. The Labute approximate surface area is 110 Å². The van der Waals surface area contributed by atoms with Gasteiger partial charge in [0.25, 0.3) is 0 Å². The number of halogens is 3. The van der Waals surface area contributed by atoms with E-state index in [1.807, 2.05) is 0 Å². The van der Waals surface area contributed by atoms with Crippen molar-refractivity contribution in [3.05, 3.63) is 24.0 Å². The van der Waals surface area contributed by atoms with Gasteiger partial charge in [0, 0.05) is 13.2 Å². The van der Waals surface area contributed by atoms with Gasteiger partial charge in [0.05, 0.1) is 18.0 Å². The molecule has 1 aromatic heterocycles. The molecule has 2 rings (SSSR count). The Morgan fingerprint density at radius 2 is 1.89 bits per heavy atom. The van der Waals surface area contributed by atoms with Gasteiger partial charge in [-0.05, 0) is 37.8 Å². The van der Waals surface area contributed by atoms with Crippen LogP contribution in [0.1, 0.15) is 31.4 Å². The first-order chi connectivity index (χ1) is 8.99. The molecule has 0 bridgehead atoms. The maximum Gasteiger partial charge on any atom is 0.433 e. The second-order valence-corrected chi connectivity index (χ2v) is 4.78. The molecule has 1 aliphatic carbocycles. The molecule has 3 nitrogen and oxygen atoms in total. The van der Waals surface area contributed by atoms with Crippen molar-refractivity contribution >= 4 is 5.69 Å². The lowest BCUT2D eigenvalue weighted by Gasteiger charge is -2.28. The molecule has 1 fully saturated rings. The number of hydrogen-bond acceptors (Lipinski definition) is 3. The van der Waals surface area contributed by atoms with E-state index in [9.17, 15) is 13.2 Å². The molecule has 0 aliphatic heterocycles. The van der Waals surface area contributed by atoms with Gasteiger partial charge >= 0.3 is 6.18 Å². The maximum absolute atomic E-state index is 12.4. The highest BCUT2D eigenvalue weighted by atomic mass is 19.4. The molecule has 1 aliphatic rings. The summed E-state index contributed by atoms with van der Waals surface area (Å²) in [5.74, 6) is 0. The van der Waals surface area contributed by atoms with Crippen LogP contribution in [0, 0.1) is 0 Å². The third-order valence-corrected chi connectivity index (χ3v) is 3.43. The van der Waals surface area contributed by atoms with E-state index in [2.05, 4.69) is 10.3 Å². The van der Waals surface area contributed by atoms with Crippen LogP contribution >= 0.6 is 0 Å². The van der Waals surface area contributed by atoms with E-state index in [-0.39, 0.29) is 6.04 Å². The summed E-state index contributed by atoms with van der Waals surface area (Å²) >= 11 is 0. The van der Waals surface area contributed by atoms with Gasteiger partial charge in [-0.1, -0.05) is 0 Å². The maximum atomic E-state index is 12.4. The van der Waals surface area contributed by atoms with Gasteiger partial charge in [-0.3, -0.25) is 0 Å². The first-order valence-corrected chi connectivity index (χ1v) is 6.31. The molecule has 0 aromatic carbocycles. The van der Waals surface area contributed by atoms with Crippen LogP contribution in [-0.2, 0) is 10.9 Å². The summed E-state index contributed by atoms with van der Waals surface area (Å²) in [6, 6.07) is 2.71. The van der Waals surface area contributed by atoms with Crippen molar-refractivity contribution in [2.24, 2.45) is 0 Å². The lowest BCUT2D eigenvalue weighted by molar-refractivity contribution is -0.141. The van der Waals surface area contributed by atoms with Gasteiger partial charge in [-0.2, -0.15) is 13.2 Å². The van der Waals surface area contributed by atoms with Crippen molar-refractivity contribution < 1.29 is 17.9 Å². The van der Waals surface area contributed by atoms with E-state index in [1.54, 1.807) is 7.11 Å². The predicted molar refractivity (Wildman–Crippen MR) is 65.9 cm³/mol. The minimum Gasteiger partial charge on any atom is -0.381 e. The van der Waals surface area contributed by atoms with E-state index in [1.165, 1.54) is 12.3 Å². The molecular weight excluding hydrogens is 257 g/mol. The first-order valence-electron chi connectivity index (χ1n) is 6.31. The second kappa shape index (κ2) is 5.77. The van der Waals surface area contributed by atoms with Gasteiger partial charge in [0.1, 0.15) is 5.69 Å². The molecule has 0 saturated heterocycles. The fourth-order valence-corrected chi connectivity index (χ4v) is 2.33. The lowest BCUT2D eigenvalue weighted by atomic mass is 9.93. The van der Waals surface area contributed by atoms with Crippen LogP contribution in [0.25, 0.3) is 0 Å². The highest BCUT2D eigenvalue weighted by Gasteiger charge is 2.32. The number of alkyl halides is 3. The minimum atomic E-state index is -4.38. The molecule has 0 amide bonds. The number of aromatic nitrogens is 1. The monoisotopic (exact) mass is 274 g/mol. The summed E-state index contributed by atoms with van der Waals surface area (Å²) in [6.07, 6.45) is 1.04. The topological polar surface area (TPSA) is 34.1 Å². The van der Waals surface area contributed by atoms with E-state index in [0.717, 1.165) is 31.7 Å². The zero-order chi connectivity index (χ0) is 13.9. The molecular formula is C13H17F3N2O. The summed E-state index contributed by atoms with van der Waals surface area (Å²) < 4.78 is 42.4. The Morgan fingerprint density at radius 3 is 2.37 bits per heavy atom. The number of pyridine rings is 1. The second-order valence-electron chi connectivity index (χ2n) is 4.78. The minimum absolute atomic E-state index is 0.282. The average molecular weight is 274 g/mol. The Kier molecular flexibility index (Phi) is 4.29. The summed E-state index contributed by atoms with van der Waals surface area (Å²) in [5.41, 5.74) is -0.227.